The molecule has 0 bridgehead atoms. The highest BCUT2D eigenvalue weighted by atomic mass is 15.2. The first-order chi connectivity index (χ1) is 14.0. The molecule has 0 aliphatic carbocycles. The van der Waals surface area contributed by atoms with Crippen molar-refractivity contribution in [3.8, 4) is 22.6 Å². The molecule has 4 nitrogen and oxygen atoms in total. The maximum atomic E-state index is 7.78. The molecule has 27 heavy (non-hydrogen) atoms. The van der Waals surface area contributed by atoms with Gasteiger partial charge in [-0.25, -0.2) is 4.98 Å². The standard InChI is InChI=1S/C23H27N4/c1-14-11-12-19(15(2)13-14)20-9-8-10-21(25(20)6)22-18(5)27-17(4)16(3)24-23(27)26(22)7/h8-13H,1-7H3/q+1/i3D3. The number of hydrogen-bond donors (Lipinski definition) is 0. The van der Waals surface area contributed by atoms with Crippen LogP contribution < -0.4 is 4.57 Å². The molecule has 3 heterocycles. The number of imidazole rings is 2. The van der Waals surface area contributed by atoms with Crippen LogP contribution in [-0.4, -0.2) is 14.0 Å². The van der Waals surface area contributed by atoms with E-state index < -0.39 is 6.85 Å². The zero-order valence-corrected chi connectivity index (χ0v) is 16.8. The van der Waals surface area contributed by atoms with E-state index in [4.69, 9.17) is 4.11 Å². The molecule has 0 amide bonds. The van der Waals surface area contributed by atoms with Gasteiger partial charge in [0.1, 0.15) is 12.7 Å². The van der Waals surface area contributed by atoms with Gasteiger partial charge in [-0.2, -0.15) is 4.57 Å². The van der Waals surface area contributed by atoms with Gasteiger partial charge in [0.15, 0.2) is 0 Å². The smallest absolute Gasteiger partial charge is 0.231 e. The second kappa shape index (κ2) is 6.08. The molecular weight excluding hydrogens is 332 g/mol. The molecular formula is C23H27N4+. The summed E-state index contributed by atoms with van der Waals surface area (Å²) in [6.45, 7) is 5.85. The first-order valence-electron chi connectivity index (χ1n) is 10.6. The molecule has 0 aliphatic heterocycles. The number of nitrogens with zero attached hydrogens (tertiary/aromatic N) is 4. The zero-order chi connectivity index (χ0) is 22.0. The van der Waals surface area contributed by atoms with E-state index in [1.54, 1.807) is 0 Å². The average Bonchev–Trinajstić information content (AvgIpc) is 3.12. The van der Waals surface area contributed by atoms with Crippen molar-refractivity contribution >= 4 is 5.78 Å². The van der Waals surface area contributed by atoms with Crippen molar-refractivity contribution in [2.75, 3.05) is 0 Å². The minimum absolute atomic E-state index is 0.163. The topological polar surface area (TPSA) is 26.1 Å². The molecule has 3 aromatic heterocycles. The molecule has 0 N–H and O–H groups in total. The van der Waals surface area contributed by atoms with Crippen molar-refractivity contribution in [2.24, 2.45) is 14.1 Å². The van der Waals surface area contributed by atoms with E-state index in [-0.39, 0.29) is 5.69 Å². The van der Waals surface area contributed by atoms with Gasteiger partial charge in [-0.1, -0.05) is 17.7 Å². The maximum Gasteiger partial charge on any atom is 0.231 e. The van der Waals surface area contributed by atoms with Gasteiger partial charge in [-0.15, -0.1) is 0 Å². The Morgan fingerprint density at radius 2 is 1.74 bits per heavy atom. The Balaban J connectivity index is 1.96. The second-order valence-corrected chi connectivity index (χ2v) is 7.35. The fraction of sp³-hybridized carbons (Fsp3) is 0.304. The van der Waals surface area contributed by atoms with Gasteiger partial charge in [-0.05, 0) is 52.2 Å². The fourth-order valence-electron chi connectivity index (χ4n) is 4.11. The zero-order valence-electron chi connectivity index (χ0n) is 19.8. The first-order valence-corrected chi connectivity index (χ1v) is 9.14. The van der Waals surface area contributed by atoms with E-state index in [1.807, 2.05) is 29.9 Å². The van der Waals surface area contributed by atoms with Crippen LogP contribution in [0.15, 0.2) is 36.4 Å². The molecule has 0 atom stereocenters. The number of aromatic nitrogens is 4. The lowest BCUT2D eigenvalue weighted by molar-refractivity contribution is -0.649. The van der Waals surface area contributed by atoms with Crippen LogP contribution in [0.25, 0.3) is 28.4 Å². The summed E-state index contributed by atoms with van der Waals surface area (Å²) in [5, 5.41) is 0. The lowest BCUT2D eigenvalue weighted by atomic mass is 10.0. The highest BCUT2D eigenvalue weighted by Gasteiger charge is 2.25. The van der Waals surface area contributed by atoms with E-state index in [2.05, 4.69) is 66.8 Å². The molecule has 0 saturated heterocycles. The van der Waals surface area contributed by atoms with E-state index in [9.17, 15) is 0 Å². The Morgan fingerprint density at radius 1 is 1.00 bits per heavy atom. The summed E-state index contributed by atoms with van der Waals surface area (Å²) in [4.78, 5) is 4.48. The monoisotopic (exact) mass is 362 g/mol. The van der Waals surface area contributed by atoms with Crippen LogP contribution in [0.1, 0.15) is 32.3 Å². The summed E-state index contributed by atoms with van der Waals surface area (Å²) in [5.74, 6) is 0.642. The number of pyridine rings is 1. The summed E-state index contributed by atoms with van der Waals surface area (Å²) in [6.07, 6.45) is 0. The highest BCUT2D eigenvalue weighted by molar-refractivity contribution is 5.66. The van der Waals surface area contributed by atoms with Crippen LogP contribution in [-0.2, 0) is 14.1 Å². The predicted molar refractivity (Wildman–Crippen MR) is 110 cm³/mol. The molecule has 0 spiro atoms. The molecule has 0 saturated carbocycles. The van der Waals surface area contributed by atoms with Gasteiger partial charge in [0.05, 0.1) is 11.4 Å². The van der Waals surface area contributed by atoms with Crippen molar-refractivity contribution in [3.05, 3.63) is 64.6 Å². The summed E-state index contributed by atoms with van der Waals surface area (Å²) in [5.41, 5.74) is 8.68. The maximum absolute atomic E-state index is 7.78. The number of rotatable bonds is 2. The second-order valence-electron chi connectivity index (χ2n) is 7.35. The molecule has 0 fully saturated rings. The summed E-state index contributed by atoms with van der Waals surface area (Å²) >= 11 is 0. The summed E-state index contributed by atoms with van der Waals surface area (Å²) < 4.78 is 29.5. The van der Waals surface area contributed by atoms with Crippen molar-refractivity contribution in [2.45, 2.75) is 34.5 Å². The molecule has 4 heteroatoms. The van der Waals surface area contributed by atoms with Gasteiger partial charge in [0.2, 0.25) is 17.2 Å². The van der Waals surface area contributed by atoms with Gasteiger partial charge in [0, 0.05) is 34.6 Å². The quantitative estimate of drug-likeness (QED) is 0.486. The molecule has 0 radical (unpaired) electrons. The molecule has 4 aromatic rings. The number of hydrogen-bond acceptors (Lipinski definition) is 1. The van der Waals surface area contributed by atoms with Crippen LogP contribution in [0.3, 0.4) is 0 Å². The van der Waals surface area contributed by atoms with Crippen LogP contribution >= 0.6 is 0 Å². The number of aryl methyl sites for hydroxylation is 6. The van der Waals surface area contributed by atoms with Crippen molar-refractivity contribution in [1.29, 1.82) is 0 Å². The summed E-state index contributed by atoms with van der Waals surface area (Å²) in [6, 6.07) is 12.8. The third-order valence-corrected chi connectivity index (χ3v) is 5.53. The highest BCUT2D eigenvalue weighted by Crippen LogP contribution is 2.28. The Hall–Kier alpha value is -2.88. The lowest BCUT2D eigenvalue weighted by Gasteiger charge is -2.09. The first kappa shape index (κ1) is 14.2. The predicted octanol–water partition coefficient (Wildman–Crippen LogP) is 4.37. The van der Waals surface area contributed by atoms with Crippen molar-refractivity contribution in [1.82, 2.24) is 14.0 Å². The molecule has 0 aliphatic rings. The summed E-state index contributed by atoms with van der Waals surface area (Å²) in [7, 11) is 4.01. The third-order valence-electron chi connectivity index (χ3n) is 5.53. The SMILES string of the molecule is [2H]C([2H])([2H])c1nc2n(C)c(-c3cccc(-c4ccc(C)cc4C)[n+]3C)c(C)n2c1C. The van der Waals surface area contributed by atoms with Gasteiger partial charge in [0.25, 0.3) is 0 Å². The van der Waals surface area contributed by atoms with E-state index in [0.29, 0.717) is 11.5 Å². The Morgan fingerprint density at radius 3 is 2.41 bits per heavy atom. The molecule has 138 valence electrons. The average molecular weight is 363 g/mol. The molecule has 4 rings (SSSR count). The van der Waals surface area contributed by atoms with E-state index in [1.165, 1.54) is 16.7 Å². The van der Waals surface area contributed by atoms with Gasteiger partial charge >= 0.3 is 0 Å². The van der Waals surface area contributed by atoms with Crippen LogP contribution in [0.2, 0.25) is 0 Å². The van der Waals surface area contributed by atoms with E-state index in [0.717, 1.165) is 22.8 Å². The molecule has 0 unspecified atom stereocenters. The lowest BCUT2D eigenvalue weighted by Crippen LogP contribution is -2.34. The minimum atomic E-state index is -2.23. The van der Waals surface area contributed by atoms with Gasteiger partial charge < -0.3 is 4.57 Å². The Labute approximate surface area is 165 Å². The van der Waals surface area contributed by atoms with Crippen molar-refractivity contribution < 1.29 is 8.68 Å². The number of benzene rings is 1. The molecule has 1 aromatic carbocycles. The van der Waals surface area contributed by atoms with E-state index >= 15 is 0 Å². The van der Waals surface area contributed by atoms with Crippen LogP contribution in [0.4, 0.5) is 0 Å². The Bertz CT molecular complexity index is 1290. The number of fused-ring (bicyclic) bond motifs is 1. The van der Waals surface area contributed by atoms with Crippen LogP contribution in [0, 0.1) is 34.5 Å². The normalized spacial score (nSPS) is 13.6. The largest absolute Gasteiger partial charge is 0.308 e. The third kappa shape index (κ3) is 2.51. The van der Waals surface area contributed by atoms with Crippen molar-refractivity contribution in [3.63, 3.8) is 0 Å². The fourth-order valence-corrected chi connectivity index (χ4v) is 4.11. The van der Waals surface area contributed by atoms with Gasteiger partial charge in [-0.3, -0.25) is 4.40 Å². The minimum Gasteiger partial charge on any atom is -0.308 e. The van der Waals surface area contributed by atoms with Crippen LogP contribution in [0.5, 0.6) is 0 Å². The Kier molecular flexibility index (Phi) is 3.20.